The summed E-state index contributed by atoms with van der Waals surface area (Å²) >= 11 is 0. The molecule has 0 radical (unpaired) electrons. The molecule has 4 rings (SSSR count). The Bertz CT molecular complexity index is 1190. The minimum atomic E-state index is -3.75. The number of hydrogen-bond donors (Lipinski definition) is 0. The van der Waals surface area contributed by atoms with E-state index in [0.29, 0.717) is 18.7 Å². The Labute approximate surface area is 175 Å². The maximum Gasteiger partial charge on any atom is 0.266 e. The molecule has 30 heavy (non-hydrogen) atoms. The smallest absolute Gasteiger partial charge is 0.266 e. The topological polar surface area (TPSA) is 103 Å². The fourth-order valence-electron chi connectivity index (χ4n) is 3.61. The van der Waals surface area contributed by atoms with Gasteiger partial charge in [0.15, 0.2) is 5.03 Å². The van der Waals surface area contributed by atoms with Crippen molar-refractivity contribution in [3.63, 3.8) is 0 Å². The quantitative estimate of drug-likeness (QED) is 0.594. The second-order valence-corrected chi connectivity index (χ2v) is 9.48. The van der Waals surface area contributed by atoms with Crippen molar-refractivity contribution in [2.24, 2.45) is 0 Å². The van der Waals surface area contributed by atoms with E-state index >= 15 is 0 Å². The van der Waals surface area contributed by atoms with Gasteiger partial charge in [0.05, 0.1) is 18.6 Å². The first kappa shape index (κ1) is 20.4. The lowest BCUT2D eigenvalue weighted by Crippen LogP contribution is -2.40. The lowest BCUT2D eigenvalue weighted by molar-refractivity contribution is 0.335. The Kier molecular flexibility index (Phi) is 5.52. The predicted octanol–water partition coefficient (Wildman–Crippen LogP) is 1.94. The number of nitrogens with zero attached hydrogens (tertiary/aromatic N) is 6. The molecule has 0 aliphatic carbocycles. The van der Waals surface area contributed by atoms with Crippen molar-refractivity contribution in [2.75, 3.05) is 6.54 Å². The molecule has 1 atom stereocenters. The van der Waals surface area contributed by atoms with Crippen molar-refractivity contribution in [1.29, 1.82) is 0 Å². The second kappa shape index (κ2) is 8.11. The third-order valence-corrected chi connectivity index (χ3v) is 7.12. The number of pyridine rings is 1. The van der Waals surface area contributed by atoms with Gasteiger partial charge in [0, 0.05) is 48.8 Å². The average molecular weight is 429 g/mol. The van der Waals surface area contributed by atoms with E-state index in [4.69, 9.17) is 0 Å². The van der Waals surface area contributed by atoms with Crippen molar-refractivity contribution in [2.45, 2.75) is 50.3 Å². The molecule has 0 spiro atoms. The molecule has 1 aliphatic rings. The van der Waals surface area contributed by atoms with Gasteiger partial charge in [-0.2, -0.15) is 9.40 Å². The van der Waals surface area contributed by atoms with E-state index in [2.05, 4.69) is 15.1 Å². The van der Waals surface area contributed by atoms with Crippen molar-refractivity contribution < 1.29 is 8.42 Å². The number of rotatable bonds is 6. The highest BCUT2D eigenvalue weighted by molar-refractivity contribution is 7.89. The first-order valence-electron chi connectivity index (χ1n) is 9.90. The monoisotopic (exact) mass is 428 g/mol. The lowest BCUT2D eigenvalue weighted by Gasteiger charge is -2.23. The standard InChI is InChI=1S/C20H24N6O3S/c1-15(2)24-13-19(22-14-24)30(28,29)26-10-4-6-17(26)12-25-20(27)8-7-18(23-25)16-5-3-9-21-11-16/h3,5,7-9,11,13-15,17H,4,6,10,12H2,1-2H3. The minimum Gasteiger partial charge on any atom is -0.334 e. The molecule has 1 saturated heterocycles. The first-order chi connectivity index (χ1) is 14.4. The van der Waals surface area contributed by atoms with Gasteiger partial charge in [-0.25, -0.2) is 18.1 Å². The second-order valence-electron chi connectivity index (χ2n) is 7.65. The van der Waals surface area contributed by atoms with Gasteiger partial charge < -0.3 is 4.57 Å². The Morgan fingerprint density at radius 2 is 2.07 bits per heavy atom. The van der Waals surface area contributed by atoms with Gasteiger partial charge in [-0.1, -0.05) is 0 Å². The van der Waals surface area contributed by atoms with Gasteiger partial charge in [-0.3, -0.25) is 9.78 Å². The molecule has 1 aliphatic heterocycles. The van der Waals surface area contributed by atoms with E-state index in [1.807, 2.05) is 19.9 Å². The van der Waals surface area contributed by atoms with Gasteiger partial charge in [-0.15, -0.1) is 0 Å². The van der Waals surface area contributed by atoms with Crippen LogP contribution in [0.3, 0.4) is 0 Å². The summed E-state index contributed by atoms with van der Waals surface area (Å²) in [6, 6.07) is 6.53. The zero-order valence-corrected chi connectivity index (χ0v) is 17.7. The minimum absolute atomic E-state index is 0.0347. The summed E-state index contributed by atoms with van der Waals surface area (Å²) in [7, 11) is -3.75. The van der Waals surface area contributed by atoms with E-state index < -0.39 is 10.0 Å². The SMILES string of the molecule is CC(C)n1cnc(S(=O)(=O)N2CCCC2Cn2nc(-c3cccnc3)ccc2=O)c1. The molecule has 1 unspecified atom stereocenters. The molecule has 10 heteroatoms. The fourth-order valence-corrected chi connectivity index (χ4v) is 5.22. The Balaban J connectivity index is 1.61. The zero-order valence-electron chi connectivity index (χ0n) is 16.9. The molecular formula is C20H24N6O3S. The molecule has 0 N–H and O–H groups in total. The normalized spacial score (nSPS) is 17.6. The lowest BCUT2D eigenvalue weighted by atomic mass is 10.2. The predicted molar refractivity (Wildman–Crippen MR) is 111 cm³/mol. The van der Waals surface area contributed by atoms with Crippen LogP contribution in [0.2, 0.25) is 0 Å². The summed E-state index contributed by atoms with van der Waals surface area (Å²) < 4.78 is 30.9. The van der Waals surface area contributed by atoms with E-state index in [9.17, 15) is 13.2 Å². The number of hydrogen-bond acceptors (Lipinski definition) is 6. The van der Waals surface area contributed by atoms with E-state index in [0.717, 1.165) is 12.0 Å². The molecule has 1 fully saturated rings. The van der Waals surface area contributed by atoms with Crippen molar-refractivity contribution in [1.82, 2.24) is 28.6 Å². The van der Waals surface area contributed by atoms with Gasteiger partial charge in [0.1, 0.15) is 0 Å². The summed E-state index contributed by atoms with van der Waals surface area (Å²) in [5, 5.41) is 4.48. The molecule has 158 valence electrons. The van der Waals surface area contributed by atoms with Crippen LogP contribution in [0.25, 0.3) is 11.3 Å². The van der Waals surface area contributed by atoms with Crippen LogP contribution in [-0.2, 0) is 16.6 Å². The van der Waals surface area contributed by atoms with Crippen LogP contribution >= 0.6 is 0 Å². The largest absolute Gasteiger partial charge is 0.334 e. The molecular weight excluding hydrogens is 404 g/mol. The van der Waals surface area contributed by atoms with Crippen molar-refractivity contribution >= 4 is 10.0 Å². The van der Waals surface area contributed by atoms with Crippen LogP contribution in [0.1, 0.15) is 32.7 Å². The Hall–Kier alpha value is -2.85. The Morgan fingerprint density at radius 3 is 2.77 bits per heavy atom. The molecule has 9 nitrogen and oxygen atoms in total. The van der Waals surface area contributed by atoms with Gasteiger partial charge in [-0.05, 0) is 44.9 Å². The number of sulfonamides is 1. The third kappa shape index (κ3) is 3.92. The van der Waals surface area contributed by atoms with Gasteiger partial charge in [0.25, 0.3) is 15.6 Å². The van der Waals surface area contributed by atoms with Crippen LogP contribution < -0.4 is 5.56 Å². The third-order valence-electron chi connectivity index (χ3n) is 5.28. The summed E-state index contributed by atoms with van der Waals surface area (Å²) in [6.07, 6.45) is 7.83. The molecule has 3 aromatic heterocycles. The first-order valence-corrected chi connectivity index (χ1v) is 11.3. The molecule has 0 amide bonds. The zero-order chi connectivity index (χ0) is 21.3. The summed E-state index contributed by atoms with van der Waals surface area (Å²) in [6.45, 7) is 4.52. The molecule has 4 heterocycles. The van der Waals surface area contributed by atoms with E-state index in [-0.39, 0.29) is 29.2 Å². The fraction of sp³-hybridized carbons (Fsp3) is 0.400. The molecule has 0 bridgehead atoms. The number of imidazole rings is 1. The van der Waals surface area contributed by atoms with Crippen LogP contribution in [0.5, 0.6) is 0 Å². The van der Waals surface area contributed by atoms with Crippen LogP contribution in [0.15, 0.2) is 59.0 Å². The van der Waals surface area contributed by atoms with Gasteiger partial charge >= 0.3 is 0 Å². The van der Waals surface area contributed by atoms with Crippen LogP contribution in [0.4, 0.5) is 0 Å². The summed E-state index contributed by atoms with van der Waals surface area (Å²) in [5.74, 6) is 0. The molecule has 0 saturated carbocycles. The molecule has 3 aromatic rings. The maximum atomic E-state index is 13.2. The van der Waals surface area contributed by atoms with Crippen LogP contribution in [-0.4, -0.2) is 49.6 Å². The summed E-state index contributed by atoms with van der Waals surface area (Å²) in [4.78, 5) is 20.6. The number of aromatic nitrogens is 5. The summed E-state index contributed by atoms with van der Waals surface area (Å²) in [5.41, 5.74) is 1.14. The van der Waals surface area contributed by atoms with E-state index in [1.54, 1.807) is 35.3 Å². The average Bonchev–Trinajstić information content (AvgIpc) is 3.41. The highest BCUT2D eigenvalue weighted by Gasteiger charge is 2.37. The van der Waals surface area contributed by atoms with Crippen LogP contribution in [0, 0.1) is 0 Å². The van der Waals surface area contributed by atoms with Crippen molar-refractivity contribution in [3.8, 4) is 11.3 Å². The Morgan fingerprint density at radius 1 is 1.23 bits per heavy atom. The van der Waals surface area contributed by atoms with E-state index in [1.165, 1.54) is 21.4 Å². The highest BCUT2D eigenvalue weighted by Crippen LogP contribution is 2.26. The highest BCUT2D eigenvalue weighted by atomic mass is 32.2. The van der Waals surface area contributed by atoms with Crippen molar-refractivity contribution in [3.05, 3.63) is 59.5 Å². The van der Waals surface area contributed by atoms with Gasteiger partial charge in [0.2, 0.25) is 0 Å². The molecule has 0 aromatic carbocycles. The maximum absolute atomic E-state index is 13.2.